The first kappa shape index (κ1) is 10.5. The Morgan fingerprint density at radius 1 is 1.40 bits per heavy atom. The lowest BCUT2D eigenvalue weighted by Crippen LogP contribution is -1.95. The van der Waals surface area contributed by atoms with Crippen LogP contribution in [-0.2, 0) is 6.42 Å². The first-order chi connectivity index (χ1) is 7.16. The SMILES string of the molecule is CC(C)CCc1ccc2c(c1)C(C)CO2. The topological polar surface area (TPSA) is 9.23 Å². The fourth-order valence-electron chi connectivity index (χ4n) is 2.03. The van der Waals surface area contributed by atoms with Gasteiger partial charge in [-0.25, -0.2) is 0 Å². The Morgan fingerprint density at radius 3 is 2.93 bits per heavy atom. The number of hydrogen-bond acceptors (Lipinski definition) is 1. The molecule has 0 saturated heterocycles. The Morgan fingerprint density at radius 2 is 2.20 bits per heavy atom. The van der Waals surface area contributed by atoms with Crippen molar-refractivity contribution < 1.29 is 4.74 Å². The Kier molecular flexibility index (Phi) is 2.99. The summed E-state index contributed by atoms with van der Waals surface area (Å²) in [5.74, 6) is 2.45. The summed E-state index contributed by atoms with van der Waals surface area (Å²) < 4.78 is 5.59. The highest BCUT2D eigenvalue weighted by Gasteiger charge is 2.19. The van der Waals surface area contributed by atoms with Crippen molar-refractivity contribution in [3.05, 3.63) is 29.3 Å². The number of aryl methyl sites for hydroxylation is 1. The third-order valence-electron chi connectivity index (χ3n) is 3.10. The molecule has 2 rings (SSSR count). The van der Waals surface area contributed by atoms with Crippen LogP contribution in [0.2, 0.25) is 0 Å². The van der Waals surface area contributed by atoms with E-state index in [1.54, 1.807) is 0 Å². The van der Waals surface area contributed by atoms with Gasteiger partial charge in [0.15, 0.2) is 0 Å². The van der Waals surface area contributed by atoms with E-state index in [4.69, 9.17) is 4.74 Å². The predicted octanol–water partition coefficient (Wildman–Crippen LogP) is 3.77. The Bertz CT molecular complexity index is 341. The van der Waals surface area contributed by atoms with E-state index in [9.17, 15) is 0 Å². The van der Waals surface area contributed by atoms with Gasteiger partial charge in [0.1, 0.15) is 5.75 Å². The van der Waals surface area contributed by atoms with Crippen LogP contribution in [0, 0.1) is 5.92 Å². The molecule has 1 atom stereocenters. The number of hydrogen-bond donors (Lipinski definition) is 0. The van der Waals surface area contributed by atoms with Crippen LogP contribution in [0.4, 0.5) is 0 Å². The smallest absolute Gasteiger partial charge is 0.122 e. The zero-order chi connectivity index (χ0) is 10.8. The second-order valence-electron chi connectivity index (χ2n) is 5.02. The third-order valence-corrected chi connectivity index (χ3v) is 3.10. The molecule has 1 heteroatoms. The summed E-state index contributed by atoms with van der Waals surface area (Å²) in [4.78, 5) is 0. The maximum absolute atomic E-state index is 5.59. The normalized spacial score (nSPS) is 19.1. The van der Waals surface area contributed by atoms with E-state index in [1.807, 2.05) is 0 Å². The van der Waals surface area contributed by atoms with Crippen LogP contribution >= 0.6 is 0 Å². The van der Waals surface area contributed by atoms with Gasteiger partial charge < -0.3 is 4.74 Å². The summed E-state index contributed by atoms with van der Waals surface area (Å²) in [5.41, 5.74) is 2.86. The van der Waals surface area contributed by atoms with E-state index < -0.39 is 0 Å². The van der Waals surface area contributed by atoms with Gasteiger partial charge in [-0.1, -0.05) is 32.9 Å². The summed E-state index contributed by atoms with van der Waals surface area (Å²) in [6, 6.07) is 6.67. The quantitative estimate of drug-likeness (QED) is 0.728. The largest absolute Gasteiger partial charge is 0.493 e. The number of benzene rings is 1. The number of rotatable bonds is 3. The molecule has 1 aromatic carbocycles. The van der Waals surface area contributed by atoms with Crippen molar-refractivity contribution in [2.24, 2.45) is 5.92 Å². The molecule has 1 nitrogen and oxygen atoms in total. The molecule has 0 radical (unpaired) electrons. The standard InChI is InChI=1S/C14H20O/c1-10(2)4-5-12-6-7-14-13(8-12)11(3)9-15-14/h6-8,10-11H,4-5,9H2,1-3H3. The van der Waals surface area contributed by atoms with Gasteiger partial charge in [0.05, 0.1) is 6.61 Å². The van der Waals surface area contributed by atoms with E-state index >= 15 is 0 Å². The number of ether oxygens (including phenoxy) is 1. The first-order valence-electron chi connectivity index (χ1n) is 5.92. The van der Waals surface area contributed by atoms with Gasteiger partial charge in [-0.05, 0) is 30.4 Å². The molecule has 0 aliphatic carbocycles. The molecule has 0 spiro atoms. The van der Waals surface area contributed by atoms with Gasteiger partial charge in [0.2, 0.25) is 0 Å². The van der Waals surface area contributed by atoms with Crippen LogP contribution in [-0.4, -0.2) is 6.61 Å². The molecule has 1 unspecified atom stereocenters. The minimum Gasteiger partial charge on any atom is -0.493 e. The molecule has 0 bridgehead atoms. The van der Waals surface area contributed by atoms with E-state index in [0.29, 0.717) is 5.92 Å². The lowest BCUT2D eigenvalue weighted by atomic mass is 9.97. The fourth-order valence-corrected chi connectivity index (χ4v) is 2.03. The highest BCUT2D eigenvalue weighted by molar-refractivity contribution is 5.42. The molecule has 1 aliphatic rings. The maximum Gasteiger partial charge on any atom is 0.122 e. The van der Waals surface area contributed by atoms with Crippen molar-refractivity contribution in [2.75, 3.05) is 6.61 Å². The van der Waals surface area contributed by atoms with Gasteiger partial charge in [-0.3, -0.25) is 0 Å². The molecule has 0 aromatic heterocycles. The molecular weight excluding hydrogens is 184 g/mol. The molecule has 0 N–H and O–H groups in total. The fraction of sp³-hybridized carbons (Fsp3) is 0.571. The van der Waals surface area contributed by atoms with Crippen molar-refractivity contribution in [2.45, 2.75) is 39.5 Å². The Balaban J connectivity index is 2.11. The highest BCUT2D eigenvalue weighted by Crippen LogP contribution is 2.34. The molecule has 0 saturated carbocycles. The van der Waals surface area contributed by atoms with Crippen LogP contribution in [0.25, 0.3) is 0 Å². The predicted molar refractivity (Wildman–Crippen MR) is 63.5 cm³/mol. The van der Waals surface area contributed by atoms with Crippen molar-refractivity contribution >= 4 is 0 Å². The van der Waals surface area contributed by atoms with Gasteiger partial charge in [0, 0.05) is 11.5 Å². The average molecular weight is 204 g/mol. The van der Waals surface area contributed by atoms with E-state index in [2.05, 4.69) is 39.0 Å². The molecule has 1 aromatic rings. The molecule has 0 fully saturated rings. The van der Waals surface area contributed by atoms with Crippen molar-refractivity contribution in [1.29, 1.82) is 0 Å². The second kappa shape index (κ2) is 4.26. The number of fused-ring (bicyclic) bond motifs is 1. The van der Waals surface area contributed by atoms with Gasteiger partial charge >= 0.3 is 0 Å². The van der Waals surface area contributed by atoms with Gasteiger partial charge in [-0.2, -0.15) is 0 Å². The van der Waals surface area contributed by atoms with E-state index in [1.165, 1.54) is 24.0 Å². The summed E-state index contributed by atoms with van der Waals surface area (Å²) in [5, 5.41) is 0. The minimum atomic E-state index is 0.569. The molecule has 1 heterocycles. The summed E-state index contributed by atoms with van der Waals surface area (Å²) in [6.45, 7) is 7.64. The third kappa shape index (κ3) is 2.34. The lowest BCUT2D eigenvalue weighted by molar-refractivity contribution is 0.337. The van der Waals surface area contributed by atoms with Crippen LogP contribution < -0.4 is 4.74 Å². The second-order valence-corrected chi connectivity index (χ2v) is 5.02. The van der Waals surface area contributed by atoms with Crippen molar-refractivity contribution in [3.63, 3.8) is 0 Å². The average Bonchev–Trinajstić information content (AvgIpc) is 2.57. The van der Waals surface area contributed by atoms with Crippen molar-refractivity contribution in [1.82, 2.24) is 0 Å². The van der Waals surface area contributed by atoms with Crippen LogP contribution in [0.15, 0.2) is 18.2 Å². The summed E-state index contributed by atoms with van der Waals surface area (Å²) in [6.07, 6.45) is 2.46. The first-order valence-corrected chi connectivity index (χ1v) is 5.92. The highest BCUT2D eigenvalue weighted by atomic mass is 16.5. The van der Waals surface area contributed by atoms with E-state index in [-0.39, 0.29) is 0 Å². The van der Waals surface area contributed by atoms with Gasteiger partial charge in [0.25, 0.3) is 0 Å². The monoisotopic (exact) mass is 204 g/mol. The van der Waals surface area contributed by atoms with Crippen LogP contribution in [0.1, 0.15) is 44.2 Å². The molecule has 15 heavy (non-hydrogen) atoms. The molecule has 82 valence electrons. The van der Waals surface area contributed by atoms with Crippen LogP contribution in [0.5, 0.6) is 5.75 Å². The molecule has 1 aliphatic heterocycles. The van der Waals surface area contributed by atoms with E-state index in [0.717, 1.165) is 18.3 Å². The lowest BCUT2D eigenvalue weighted by Gasteiger charge is -2.07. The Hall–Kier alpha value is -0.980. The minimum absolute atomic E-state index is 0.569. The maximum atomic E-state index is 5.59. The zero-order valence-corrected chi connectivity index (χ0v) is 9.92. The van der Waals surface area contributed by atoms with Gasteiger partial charge in [-0.15, -0.1) is 0 Å². The van der Waals surface area contributed by atoms with Crippen molar-refractivity contribution in [3.8, 4) is 5.75 Å². The molecule has 0 amide bonds. The summed E-state index contributed by atoms with van der Waals surface area (Å²) in [7, 11) is 0. The zero-order valence-electron chi connectivity index (χ0n) is 9.92. The Labute approximate surface area is 92.5 Å². The molecular formula is C14H20O. The summed E-state index contributed by atoms with van der Waals surface area (Å²) >= 11 is 0. The van der Waals surface area contributed by atoms with Crippen LogP contribution in [0.3, 0.4) is 0 Å².